The molecule has 0 saturated heterocycles. The van der Waals surface area contributed by atoms with Crippen molar-refractivity contribution < 1.29 is 4.79 Å². The Balaban J connectivity index is 2.01. The summed E-state index contributed by atoms with van der Waals surface area (Å²) in [6.45, 7) is 0.827. The van der Waals surface area contributed by atoms with Gasteiger partial charge in [0.15, 0.2) is 5.65 Å². The van der Waals surface area contributed by atoms with Gasteiger partial charge in [0.2, 0.25) is 11.9 Å². The molecule has 6 heteroatoms. The van der Waals surface area contributed by atoms with Crippen molar-refractivity contribution in [1.29, 1.82) is 0 Å². The standard InChI is InChI=1S/C11H15N5O/c1-12-7-4-6-10(17)13-11-15-14-9-5-2-3-8-16(9)11/h2-3,5,8,12H,4,6-7H2,1H3,(H,13,15,17). The average Bonchev–Trinajstić information content (AvgIpc) is 2.73. The molecule has 0 spiro atoms. The Bertz CT molecular complexity index is 507. The van der Waals surface area contributed by atoms with E-state index in [0.29, 0.717) is 12.4 Å². The normalized spacial score (nSPS) is 10.6. The first kappa shape index (κ1) is 11.5. The molecule has 1 amide bonds. The summed E-state index contributed by atoms with van der Waals surface area (Å²) in [4.78, 5) is 11.6. The molecule has 2 aromatic heterocycles. The Morgan fingerprint density at radius 3 is 3.12 bits per heavy atom. The zero-order chi connectivity index (χ0) is 12.1. The van der Waals surface area contributed by atoms with Crippen molar-refractivity contribution >= 4 is 17.5 Å². The number of hydrogen-bond acceptors (Lipinski definition) is 4. The van der Waals surface area contributed by atoms with E-state index in [2.05, 4.69) is 20.8 Å². The number of carbonyl (C=O) groups is 1. The molecule has 0 bridgehead atoms. The summed E-state index contributed by atoms with van der Waals surface area (Å²) in [5.41, 5.74) is 0.720. The molecule has 6 nitrogen and oxygen atoms in total. The summed E-state index contributed by atoms with van der Waals surface area (Å²) >= 11 is 0. The van der Waals surface area contributed by atoms with Crippen LogP contribution in [0.3, 0.4) is 0 Å². The fourth-order valence-electron chi connectivity index (χ4n) is 1.54. The van der Waals surface area contributed by atoms with E-state index < -0.39 is 0 Å². The second-order valence-electron chi connectivity index (χ2n) is 3.71. The number of rotatable bonds is 5. The van der Waals surface area contributed by atoms with Crippen LogP contribution in [0.1, 0.15) is 12.8 Å². The maximum atomic E-state index is 11.6. The van der Waals surface area contributed by atoms with E-state index in [1.165, 1.54) is 0 Å². The van der Waals surface area contributed by atoms with Crippen molar-refractivity contribution in [2.24, 2.45) is 0 Å². The molecule has 0 radical (unpaired) electrons. The molecule has 0 aliphatic rings. The van der Waals surface area contributed by atoms with Gasteiger partial charge in [-0.2, -0.15) is 0 Å². The van der Waals surface area contributed by atoms with Crippen LogP contribution >= 0.6 is 0 Å². The highest BCUT2D eigenvalue weighted by molar-refractivity contribution is 5.89. The summed E-state index contributed by atoms with van der Waals surface area (Å²) in [6, 6.07) is 5.58. The number of pyridine rings is 1. The first-order chi connectivity index (χ1) is 8.31. The molecule has 2 heterocycles. The lowest BCUT2D eigenvalue weighted by atomic mass is 10.3. The minimum atomic E-state index is -0.0431. The molecule has 0 aromatic carbocycles. The average molecular weight is 233 g/mol. The van der Waals surface area contributed by atoms with Gasteiger partial charge >= 0.3 is 0 Å². The number of anilines is 1. The maximum Gasteiger partial charge on any atom is 0.235 e. The Kier molecular flexibility index (Phi) is 3.66. The van der Waals surface area contributed by atoms with Gasteiger partial charge in [0, 0.05) is 12.6 Å². The number of amides is 1. The fourth-order valence-corrected chi connectivity index (χ4v) is 1.54. The van der Waals surface area contributed by atoms with E-state index in [0.717, 1.165) is 18.6 Å². The van der Waals surface area contributed by atoms with Crippen molar-refractivity contribution in [3.05, 3.63) is 24.4 Å². The van der Waals surface area contributed by atoms with Crippen LogP contribution in [0.15, 0.2) is 24.4 Å². The largest absolute Gasteiger partial charge is 0.320 e. The quantitative estimate of drug-likeness (QED) is 0.744. The van der Waals surface area contributed by atoms with Gasteiger partial charge in [-0.15, -0.1) is 10.2 Å². The molecule has 90 valence electrons. The fraction of sp³-hybridized carbons (Fsp3) is 0.364. The highest BCUT2D eigenvalue weighted by atomic mass is 16.1. The molecule has 0 unspecified atom stereocenters. The lowest BCUT2D eigenvalue weighted by Crippen LogP contribution is -2.16. The summed E-state index contributed by atoms with van der Waals surface area (Å²) in [6.07, 6.45) is 3.10. The monoisotopic (exact) mass is 233 g/mol. The Hall–Kier alpha value is -1.95. The maximum absolute atomic E-state index is 11.6. The third-order valence-electron chi connectivity index (χ3n) is 2.40. The number of nitrogens with one attached hydrogen (secondary N) is 2. The molecule has 2 aromatic rings. The molecule has 2 N–H and O–H groups in total. The zero-order valence-corrected chi connectivity index (χ0v) is 9.68. The van der Waals surface area contributed by atoms with E-state index in [4.69, 9.17) is 0 Å². The van der Waals surface area contributed by atoms with Gasteiger partial charge in [-0.1, -0.05) is 6.07 Å². The van der Waals surface area contributed by atoms with E-state index in [9.17, 15) is 4.79 Å². The van der Waals surface area contributed by atoms with Gasteiger partial charge < -0.3 is 5.32 Å². The van der Waals surface area contributed by atoms with Crippen molar-refractivity contribution in [1.82, 2.24) is 19.9 Å². The number of nitrogens with zero attached hydrogens (tertiary/aromatic N) is 3. The third-order valence-corrected chi connectivity index (χ3v) is 2.40. The van der Waals surface area contributed by atoms with Crippen molar-refractivity contribution in [2.75, 3.05) is 18.9 Å². The summed E-state index contributed by atoms with van der Waals surface area (Å²) in [5, 5.41) is 13.6. The van der Waals surface area contributed by atoms with Crippen LogP contribution in [0, 0.1) is 0 Å². The lowest BCUT2D eigenvalue weighted by Gasteiger charge is -2.02. The van der Waals surface area contributed by atoms with Crippen molar-refractivity contribution in [3.63, 3.8) is 0 Å². The van der Waals surface area contributed by atoms with Crippen LogP contribution in [0.4, 0.5) is 5.95 Å². The molecule has 0 aliphatic carbocycles. The van der Waals surface area contributed by atoms with Gasteiger partial charge in [0.1, 0.15) is 0 Å². The number of carbonyl (C=O) groups excluding carboxylic acids is 1. The van der Waals surface area contributed by atoms with Crippen LogP contribution in [0.2, 0.25) is 0 Å². The highest BCUT2D eigenvalue weighted by Crippen LogP contribution is 2.07. The predicted molar refractivity (Wildman–Crippen MR) is 64.8 cm³/mol. The van der Waals surface area contributed by atoms with Gasteiger partial charge in [-0.25, -0.2) is 0 Å². The molecule has 0 atom stereocenters. The van der Waals surface area contributed by atoms with Crippen LogP contribution in [-0.4, -0.2) is 34.1 Å². The van der Waals surface area contributed by atoms with Crippen LogP contribution in [0.5, 0.6) is 0 Å². The topological polar surface area (TPSA) is 71.3 Å². The van der Waals surface area contributed by atoms with E-state index >= 15 is 0 Å². The van der Waals surface area contributed by atoms with Gasteiger partial charge in [-0.3, -0.25) is 14.5 Å². The van der Waals surface area contributed by atoms with E-state index in [-0.39, 0.29) is 5.91 Å². The first-order valence-corrected chi connectivity index (χ1v) is 5.55. The van der Waals surface area contributed by atoms with Crippen LogP contribution in [-0.2, 0) is 4.79 Å². The lowest BCUT2D eigenvalue weighted by molar-refractivity contribution is -0.116. The first-order valence-electron chi connectivity index (χ1n) is 5.55. The Morgan fingerprint density at radius 2 is 2.29 bits per heavy atom. The highest BCUT2D eigenvalue weighted by Gasteiger charge is 2.07. The SMILES string of the molecule is CNCCCC(=O)Nc1nnc2ccccn12. The molecule has 2 rings (SSSR count). The number of aromatic nitrogens is 3. The predicted octanol–water partition coefficient (Wildman–Crippen LogP) is 0.667. The zero-order valence-electron chi connectivity index (χ0n) is 9.68. The van der Waals surface area contributed by atoms with Gasteiger partial charge in [0.05, 0.1) is 0 Å². The van der Waals surface area contributed by atoms with Crippen molar-refractivity contribution in [3.8, 4) is 0 Å². The summed E-state index contributed by atoms with van der Waals surface area (Å²) < 4.78 is 1.75. The molecule has 0 fully saturated rings. The van der Waals surface area contributed by atoms with Crippen molar-refractivity contribution in [2.45, 2.75) is 12.8 Å². The number of hydrogen-bond donors (Lipinski definition) is 2. The van der Waals surface area contributed by atoms with E-state index in [1.807, 2.05) is 31.4 Å². The van der Waals surface area contributed by atoms with Gasteiger partial charge in [0.25, 0.3) is 0 Å². The minimum Gasteiger partial charge on any atom is -0.320 e. The smallest absolute Gasteiger partial charge is 0.235 e. The Labute approximate surface area is 99.0 Å². The van der Waals surface area contributed by atoms with Crippen LogP contribution < -0.4 is 10.6 Å². The molecular formula is C11H15N5O. The molecule has 17 heavy (non-hydrogen) atoms. The molecular weight excluding hydrogens is 218 g/mol. The second-order valence-corrected chi connectivity index (χ2v) is 3.71. The molecule has 0 aliphatic heterocycles. The number of fused-ring (bicyclic) bond motifs is 1. The molecule has 0 saturated carbocycles. The van der Waals surface area contributed by atoms with Crippen LogP contribution in [0.25, 0.3) is 5.65 Å². The second kappa shape index (κ2) is 5.40. The summed E-state index contributed by atoms with van der Waals surface area (Å²) in [5.74, 6) is 0.425. The third kappa shape index (κ3) is 2.79. The van der Waals surface area contributed by atoms with Gasteiger partial charge in [-0.05, 0) is 32.1 Å². The minimum absolute atomic E-state index is 0.0431. The van der Waals surface area contributed by atoms with E-state index in [1.54, 1.807) is 4.40 Å². The summed E-state index contributed by atoms with van der Waals surface area (Å²) in [7, 11) is 1.87. The Morgan fingerprint density at radius 1 is 1.41 bits per heavy atom.